The number of primary amides is 1. The molecule has 2 aromatic carbocycles. The monoisotopic (exact) mass is 524 g/mol. The fraction of sp³-hybridized carbons (Fsp3) is 0.250. The lowest BCUT2D eigenvalue weighted by molar-refractivity contribution is -0.485. The SMILES string of the molecule is NC(=O)NCc1ccc(CNC(=O)[C@@H](CCCNC(N)=N[N+](=O)[O-])NC(=O)c2cc3ccccc3o2)cc1. The van der Waals surface area contributed by atoms with Crippen LogP contribution in [0.4, 0.5) is 4.79 Å². The van der Waals surface area contributed by atoms with Gasteiger partial charge < -0.3 is 37.2 Å². The zero-order valence-electron chi connectivity index (χ0n) is 20.3. The second kappa shape index (κ2) is 13.2. The maximum Gasteiger partial charge on any atom is 0.312 e. The molecule has 8 N–H and O–H groups in total. The van der Waals surface area contributed by atoms with E-state index in [4.69, 9.17) is 15.9 Å². The Morgan fingerprint density at radius 1 is 0.974 bits per heavy atom. The predicted octanol–water partition coefficient (Wildman–Crippen LogP) is 0.892. The van der Waals surface area contributed by atoms with Crippen molar-refractivity contribution in [2.45, 2.75) is 32.0 Å². The van der Waals surface area contributed by atoms with Gasteiger partial charge in [0.1, 0.15) is 16.7 Å². The number of hydrogen-bond acceptors (Lipinski definition) is 6. The van der Waals surface area contributed by atoms with Crippen LogP contribution in [0.2, 0.25) is 0 Å². The molecule has 0 bridgehead atoms. The molecular formula is C24H28N8O6. The highest BCUT2D eigenvalue weighted by atomic mass is 16.7. The second-order valence-corrected chi connectivity index (χ2v) is 8.22. The molecule has 3 aromatic rings. The number of guanidine groups is 1. The standard InChI is InChI=1S/C24H28N8O6/c25-23(31-32(36)37)27-11-3-5-18(30-22(34)20-12-17-4-1-2-6-19(17)38-20)21(33)28-13-15-7-9-16(10-8-15)14-29-24(26)35/h1-2,4,6-10,12,18H,3,5,11,13-14H2,(H,28,33)(H,30,34)(H3,25,27,31)(H3,26,29,35)/t18-/m1/s1. The van der Waals surface area contributed by atoms with Crippen LogP contribution in [0.25, 0.3) is 11.0 Å². The first-order chi connectivity index (χ1) is 18.2. The van der Waals surface area contributed by atoms with Crippen molar-refractivity contribution >= 4 is 34.8 Å². The number of nitro groups is 1. The van der Waals surface area contributed by atoms with Crippen molar-refractivity contribution in [2.24, 2.45) is 16.6 Å². The number of nitrogens with zero attached hydrogens (tertiary/aromatic N) is 2. The number of para-hydroxylation sites is 1. The number of carbonyl (C=O) groups excluding carboxylic acids is 3. The summed E-state index contributed by atoms with van der Waals surface area (Å²) in [6, 6.07) is 14.3. The van der Waals surface area contributed by atoms with E-state index < -0.39 is 28.9 Å². The Kier molecular flexibility index (Phi) is 9.57. The predicted molar refractivity (Wildman–Crippen MR) is 138 cm³/mol. The average molecular weight is 525 g/mol. The van der Waals surface area contributed by atoms with E-state index in [1.54, 1.807) is 48.5 Å². The van der Waals surface area contributed by atoms with Crippen molar-refractivity contribution in [3.63, 3.8) is 0 Å². The number of hydrogen-bond donors (Lipinski definition) is 6. The molecule has 0 aliphatic carbocycles. The molecule has 0 aliphatic heterocycles. The van der Waals surface area contributed by atoms with Gasteiger partial charge in [-0.2, -0.15) is 0 Å². The van der Waals surface area contributed by atoms with Gasteiger partial charge in [-0.3, -0.25) is 9.59 Å². The number of hydrazone groups is 1. The van der Waals surface area contributed by atoms with Crippen LogP contribution in [0.15, 0.2) is 64.1 Å². The second-order valence-electron chi connectivity index (χ2n) is 8.22. The van der Waals surface area contributed by atoms with Crippen molar-refractivity contribution in [3.05, 3.63) is 81.6 Å². The molecule has 3 rings (SSSR count). The Balaban J connectivity index is 1.62. The number of nitrogens with two attached hydrogens (primary N) is 2. The molecule has 14 heteroatoms. The minimum atomic E-state index is -0.926. The molecule has 1 heterocycles. The molecule has 0 saturated carbocycles. The molecule has 0 saturated heterocycles. The van der Waals surface area contributed by atoms with Gasteiger partial charge in [-0.05, 0) is 36.1 Å². The highest BCUT2D eigenvalue weighted by molar-refractivity contribution is 5.98. The van der Waals surface area contributed by atoms with Crippen molar-refractivity contribution in [3.8, 4) is 0 Å². The summed E-state index contributed by atoms with van der Waals surface area (Å²) in [6.07, 6.45) is 0.544. The number of furan rings is 1. The highest BCUT2D eigenvalue weighted by Gasteiger charge is 2.23. The van der Waals surface area contributed by atoms with Gasteiger partial charge in [-0.25, -0.2) is 14.9 Å². The van der Waals surface area contributed by atoms with Crippen molar-refractivity contribution in [1.29, 1.82) is 0 Å². The van der Waals surface area contributed by atoms with Gasteiger partial charge in [-0.1, -0.05) is 42.5 Å². The molecule has 0 unspecified atom stereocenters. The number of benzene rings is 2. The van der Waals surface area contributed by atoms with Gasteiger partial charge in [0, 0.05) is 25.0 Å². The van der Waals surface area contributed by atoms with Crippen LogP contribution in [0.1, 0.15) is 34.5 Å². The highest BCUT2D eigenvalue weighted by Crippen LogP contribution is 2.19. The summed E-state index contributed by atoms with van der Waals surface area (Å²) in [5, 5.41) is 23.7. The van der Waals surface area contributed by atoms with Gasteiger partial charge in [-0.15, -0.1) is 0 Å². The molecule has 38 heavy (non-hydrogen) atoms. The zero-order valence-corrected chi connectivity index (χ0v) is 20.3. The molecular weight excluding hydrogens is 496 g/mol. The third-order valence-corrected chi connectivity index (χ3v) is 5.39. The third kappa shape index (κ3) is 8.51. The number of carbonyl (C=O) groups is 3. The van der Waals surface area contributed by atoms with Crippen molar-refractivity contribution in [1.82, 2.24) is 21.3 Å². The van der Waals surface area contributed by atoms with Gasteiger partial charge in [0.05, 0.1) is 0 Å². The van der Waals surface area contributed by atoms with Crippen molar-refractivity contribution in [2.75, 3.05) is 6.54 Å². The average Bonchev–Trinajstić information content (AvgIpc) is 3.32. The van der Waals surface area contributed by atoms with Crippen LogP contribution >= 0.6 is 0 Å². The summed E-state index contributed by atoms with van der Waals surface area (Å²) in [5.41, 5.74) is 12.7. The summed E-state index contributed by atoms with van der Waals surface area (Å²) in [7, 11) is 0. The molecule has 14 nitrogen and oxygen atoms in total. The number of fused-ring (bicyclic) bond motifs is 1. The largest absolute Gasteiger partial charge is 0.451 e. The topological polar surface area (TPSA) is 220 Å². The third-order valence-electron chi connectivity index (χ3n) is 5.39. The van der Waals surface area contributed by atoms with E-state index in [1.807, 2.05) is 6.07 Å². The van der Waals surface area contributed by atoms with E-state index in [-0.39, 0.29) is 37.8 Å². The van der Waals surface area contributed by atoms with E-state index in [2.05, 4.69) is 26.4 Å². The minimum Gasteiger partial charge on any atom is -0.451 e. The Hall–Kier alpha value is -5.14. The zero-order chi connectivity index (χ0) is 27.5. The normalized spacial score (nSPS) is 11.9. The lowest BCUT2D eigenvalue weighted by atomic mass is 10.1. The molecule has 1 atom stereocenters. The summed E-state index contributed by atoms with van der Waals surface area (Å²) >= 11 is 0. The summed E-state index contributed by atoms with van der Waals surface area (Å²) < 4.78 is 5.59. The number of nitrogens with one attached hydrogen (secondary N) is 4. The molecule has 0 radical (unpaired) electrons. The van der Waals surface area contributed by atoms with Crippen LogP contribution in [-0.4, -0.2) is 41.4 Å². The number of urea groups is 1. The van der Waals surface area contributed by atoms with Crippen LogP contribution in [0, 0.1) is 10.1 Å². The first kappa shape index (κ1) is 27.4. The van der Waals surface area contributed by atoms with E-state index in [0.717, 1.165) is 16.5 Å². The maximum atomic E-state index is 13.0. The fourth-order valence-corrected chi connectivity index (χ4v) is 3.51. The van der Waals surface area contributed by atoms with Crippen LogP contribution in [-0.2, 0) is 17.9 Å². The molecule has 4 amide bonds. The van der Waals surface area contributed by atoms with Crippen molar-refractivity contribution < 1.29 is 23.8 Å². The Morgan fingerprint density at radius 3 is 2.26 bits per heavy atom. The minimum absolute atomic E-state index is 0.0599. The van der Waals surface area contributed by atoms with E-state index in [9.17, 15) is 24.5 Å². The van der Waals surface area contributed by atoms with E-state index in [0.29, 0.717) is 12.0 Å². The summed E-state index contributed by atoms with van der Waals surface area (Å²) in [5.74, 6) is -1.29. The van der Waals surface area contributed by atoms with Gasteiger partial charge >= 0.3 is 6.03 Å². The molecule has 0 spiro atoms. The van der Waals surface area contributed by atoms with Crippen LogP contribution < -0.4 is 32.7 Å². The maximum absolute atomic E-state index is 13.0. The van der Waals surface area contributed by atoms with Gasteiger partial charge in [0.15, 0.2) is 10.8 Å². The first-order valence-electron chi connectivity index (χ1n) is 11.6. The van der Waals surface area contributed by atoms with Gasteiger partial charge in [0.25, 0.3) is 11.9 Å². The van der Waals surface area contributed by atoms with Gasteiger partial charge in [0.2, 0.25) is 5.91 Å². The molecule has 200 valence electrons. The number of rotatable bonds is 12. The Morgan fingerprint density at radius 2 is 1.63 bits per heavy atom. The molecule has 0 aliphatic rings. The Labute approximate surface area is 216 Å². The number of amides is 4. The lowest BCUT2D eigenvalue weighted by Gasteiger charge is -2.18. The summed E-state index contributed by atoms with van der Waals surface area (Å²) in [6.45, 7) is 0.664. The molecule has 0 fully saturated rings. The quantitative estimate of drug-likeness (QED) is 0.0655. The lowest BCUT2D eigenvalue weighted by Crippen LogP contribution is -2.47. The van der Waals surface area contributed by atoms with E-state index in [1.165, 1.54) is 0 Å². The Bertz CT molecular complexity index is 1290. The summed E-state index contributed by atoms with van der Waals surface area (Å²) in [4.78, 5) is 47.1. The fourth-order valence-electron chi connectivity index (χ4n) is 3.51. The van der Waals surface area contributed by atoms with Crippen LogP contribution in [0.3, 0.4) is 0 Å². The first-order valence-corrected chi connectivity index (χ1v) is 11.6. The molecule has 1 aromatic heterocycles. The van der Waals surface area contributed by atoms with E-state index >= 15 is 0 Å². The smallest absolute Gasteiger partial charge is 0.312 e. The van der Waals surface area contributed by atoms with Crippen LogP contribution in [0.5, 0.6) is 0 Å².